The normalized spacial score (nSPS) is 13.6. The molecule has 6 rings (SSSR count). The molecule has 4 aromatic carbocycles. The van der Waals surface area contributed by atoms with Gasteiger partial charge < -0.3 is 14.5 Å². The SMILES string of the molecule is CNC(=O)c1c(-c2ccc(F)cc2)oc2cc(N(Cc3ccc(OCc4ccccc4)cc3)S(=O)O)c(C3CC3)cc12. The molecule has 1 amide bonds. The van der Waals surface area contributed by atoms with Crippen LogP contribution in [-0.2, 0) is 24.4 Å². The lowest BCUT2D eigenvalue weighted by molar-refractivity contribution is 0.0964. The largest absolute Gasteiger partial charge is 0.489 e. The van der Waals surface area contributed by atoms with Gasteiger partial charge in [0.2, 0.25) is 0 Å². The van der Waals surface area contributed by atoms with Crippen LogP contribution >= 0.6 is 0 Å². The third-order valence-electron chi connectivity index (χ3n) is 7.37. The van der Waals surface area contributed by atoms with E-state index in [1.54, 1.807) is 25.2 Å². The van der Waals surface area contributed by atoms with Crippen molar-refractivity contribution >= 4 is 33.8 Å². The van der Waals surface area contributed by atoms with E-state index in [0.29, 0.717) is 45.9 Å². The van der Waals surface area contributed by atoms with Crippen molar-refractivity contribution in [2.75, 3.05) is 11.4 Å². The Morgan fingerprint density at radius 2 is 1.74 bits per heavy atom. The number of nitrogens with one attached hydrogen (secondary N) is 1. The fourth-order valence-corrected chi connectivity index (χ4v) is 5.65. The molecule has 1 unspecified atom stereocenters. The average molecular weight is 585 g/mol. The summed E-state index contributed by atoms with van der Waals surface area (Å²) in [5, 5.41) is 3.27. The van der Waals surface area contributed by atoms with E-state index in [4.69, 9.17) is 9.15 Å². The van der Waals surface area contributed by atoms with Gasteiger partial charge in [0, 0.05) is 24.1 Å². The molecule has 1 aliphatic rings. The lowest BCUT2D eigenvalue weighted by Gasteiger charge is -2.23. The van der Waals surface area contributed by atoms with Gasteiger partial charge in [0.15, 0.2) is 0 Å². The van der Waals surface area contributed by atoms with Gasteiger partial charge in [-0.1, -0.05) is 42.5 Å². The summed E-state index contributed by atoms with van der Waals surface area (Å²) >= 11 is -2.34. The minimum absolute atomic E-state index is 0.168. The van der Waals surface area contributed by atoms with Gasteiger partial charge in [0.1, 0.15) is 29.5 Å². The fourth-order valence-electron chi connectivity index (χ4n) is 5.06. The standard InChI is InChI=1S/C33H29FN2O5S/c1-35-33(37)31-28-17-27(23-9-10-23)29(18-30(28)41-32(31)24-11-13-25(34)14-12-24)36(42(38)39)19-21-7-15-26(16-8-21)40-20-22-5-3-2-4-6-22/h2-8,11-18,23H,9-10,19-20H2,1H3,(H,35,37)(H,38,39). The number of hydrogen-bond donors (Lipinski definition) is 2. The van der Waals surface area contributed by atoms with Crippen LogP contribution in [0.15, 0.2) is 95.4 Å². The summed E-state index contributed by atoms with van der Waals surface area (Å²) in [4.78, 5) is 13.0. The molecular formula is C33H29FN2O5S. The van der Waals surface area contributed by atoms with Crippen LogP contribution in [0.3, 0.4) is 0 Å². The average Bonchev–Trinajstić information content (AvgIpc) is 3.79. The second-order valence-corrected chi connectivity index (χ2v) is 11.2. The first-order valence-corrected chi connectivity index (χ1v) is 14.7. The maximum atomic E-state index is 13.6. The van der Waals surface area contributed by atoms with E-state index in [9.17, 15) is 17.9 Å². The van der Waals surface area contributed by atoms with Gasteiger partial charge in [-0.15, -0.1) is 0 Å². The maximum Gasteiger partial charge on any atom is 0.262 e. The number of fused-ring (bicyclic) bond motifs is 1. The van der Waals surface area contributed by atoms with Crippen LogP contribution in [0.5, 0.6) is 5.75 Å². The van der Waals surface area contributed by atoms with E-state index >= 15 is 0 Å². The quantitative estimate of drug-likeness (QED) is 0.169. The number of halogens is 1. The Balaban J connectivity index is 1.34. The number of furan rings is 1. The highest BCUT2D eigenvalue weighted by Crippen LogP contribution is 2.48. The molecule has 1 heterocycles. The molecule has 42 heavy (non-hydrogen) atoms. The van der Waals surface area contributed by atoms with E-state index < -0.39 is 17.1 Å². The number of ether oxygens (including phenoxy) is 1. The van der Waals surface area contributed by atoms with Crippen LogP contribution in [0.25, 0.3) is 22.3 Å². The van der Waals surface area contributed by atoms with Crippen LogP contribution in [-0.4, -0.2) is 21.7 Å². The topological polar surface area (TPSA) is 92.0 Å². The Morgan fingerprint density at radius 3 is 2.38 bits per heavy atom. The summed E-state index contributed by atoms with van der Waals surface area (Å²) in [6, 6.07) is 26.7. The minimum atomic E-state index is -2.34. The van der Waals surface area contributed by atoms with Crippen LogP contribution in [0.1, 0.15) is 45.8 Å². The molecule has 9 heteroatoms. The molecule has 0 saturated heterocycles. The Labute approximate surface area is 245 Å². The number of hydrogen-bond acceptors (Lipinski definition) is 4. The number of carbonyl (C=O) groups excluding carboxylic acids is 1. The molecule has 1 aromatic heterocycles. The zero-order valence-corrected chi connectivity index (χ0v) is 23.7. The van der Waals surface area contributed by atoms with E-state index in [0.717, 1.165) is 29.5 Å². The molecule has 0 spiro atoms. The molecule has 1 aliphatic carbocycles. The van der Waals surface area contributed by atoms with Crippen LogP contribution in [0.2, 0.25) is 0 Å². The van der Waals surface area contributed by atoms with E-state index in [-0.39, 0.29) is 18.4 Å². The van der Waals surface area contributed by atoms with Gasteiger partial charge in [-0.3, -0.25) is 13.7 Å². The summed E-state index contributed by atoms with van der Waals surface area (Å²) in [5.41, 5.74) is 4.62. The van der Waals surface area contributed by atoms with Crippen molar-refractivity contribution < 1.29 is 27.1 Å². The summed E-state index contributed by atoms with van der Waals surface area (Å²) in [7, 11) is 1.54. The predicted octanol–water partition coefficient (Wildman–Crippen LogP) is 7.20. The van der Waals surface area contributed by atoms with Gasteiger partial charge in [-0.2, -0.15) is 0 Å². The summed E-state index contributed by atoms with van der Waals surface area (Å²) < 4.78 is 50.3. The first-order valence-electron chi connectivity index (χ1n) is 13.6. The second kappa shape index (κ2) is 11.8. The van der Waals surface area contributed by atoms with E-state index in [1.807, 2.05) is 60.7 Å². The Morgan fingerprint density at radius 1 is 1.02 bits per heavy atom. The van der Waals surface area contributed by atoms with Gasteiger partial charge in [-0.25, -0.2) is 8.60 Å². The molecule has 214 valence electrons. The highest BCUT2D eigenvalue weighted by atomic mass is 32.2. The Hall–Kier alpha value is -4.47. The van der Waals surface area contributed by atoms with Crippen molar-refractivity contribution in [1.29, 1.82) is 0 Å². The molecule has 0 aliphatic heterocycles. The van der Waals surface area contributed by atoms with Crippen LogP contribution in [0.4, 0.5) is 10.1 Å². The second-order valence-electron chi connectivity index (χ2n) is 10.3. The number of rotatable bonds is 10. The Bertz CT molecular complexity index is 1750. The lowest BCUT2D eigenvalue weighted by Crippen LogP contribution is -2.25. The summed E-state index contributed by atoms with van der Waals surface area (Å²) in [5.74, 6) is 0.480. The molecule has 1 saturated carbocycles. The third-order valence-corrected chi connectivity index (χ3v) is 8.07. The van der Waals surface area contributed by atoms with Gasteiger partial charge in [-0.05, 0) is 77.9 Å². The monoisotopic (exact) mass is 584 g/mol. The van der Waals surface area contributed by atoms with Crippen molar-refractivity contribution in [3.05, 3.63) is 119 Å². The van der Waals surface area contributed by atoms with Crippen molar-refractivity contribution in [3.8, 4) is 17.1 Å². The molecule has 1 fully saturated rings. The molecular weight excluding hydrogens is 555 g/mol. The molecule has 0 bridgehead atoms. The zero-order chi connectivity index (χ0) is 29.2. The minimum Gasteiger partial charge on any atom is -0.489 e. The highest BCUT2D eigenvalue weighted by Gasteiger charge is 2.32. The van der Waals surface area contributed by atoms with E-state index in [2.05, 4.69) is 5.32 Å². The molecule has 5 aromatic rings. The van der Waals surface area contributed by atoms with Crippen molar-refractivity contribution in [2.45, 2.75) is 31.9 Å². The molecule has 7 nitrogen and oxygen atoms in total. The highest BCUT2D eigenvalue weighted by molar-refractivity contribution is 7.80. The third kappa shape index (κ3) is 5.79. The lowest BCUT2D eigenvalue weighted by atomic mass is 10.00. The number of benzene rings is 4. The summed E-state index contributed by atoms with van der Waals surface area (Å²) in [6.45, 7) is 0.611. The maximum absolute atomic E-state index is 13.6. The van der Waals surface area contributed by atoms with Gasteiger partial charge >= 0.3 is 0 Å². The summed E-state index contributed by atoms with van der Waals surface area (Å²) in [6.07, 6.45) is 1.88. The molecule has 0 radical (unpaired) electrons. The number of amides is 1. The predicted molar refractivity (Wildman–Crippen MR) is 161 cm³/mol. The number of nitrogens with zero attached hydrogens (tertiary/aromatic N) is 1. The van der Waals surface area contributed by atoms with Crippen molar-refractivity contribution in [3.63, 3.8) is 0 Å². The van der Waals surface area contributed by atoms with Gasteiger partial charge in [0.25, 0.3) is 17.2 Å². The smallest absolute Gasteiger partial charge is 0.262 e. The number of anilines is 1. The first-order chi connectivity index (χ1) is 20.4. The fraction of sp³-hybridized carbons (Fsp3) is 0.182. The van der Waals surface area contributed by atoms with Crippen molar-refractivity contribution in [2.24, 2.45) is 0 Å². The van der Waals surface area contributed by atoms with E-state index in [1.165, 1.54) is 16.4 Å². The molecule has 2 N–H and O–H groups in total. The number of carbonyl (C=O) groups is 1. The zero-order valence-electron chi connectivity index (χ0n) is 22.9. The van der Waals surface area contributed by atoms with Crippen LogP contribution in [0, 0.1) is 5.82 Å². The van der Waals surface area contributed by atoms with Crippen molar-refractivity contribution in [1.82, 2.24) is 5.32 Å². The first kappa shape index (κ1) is 27.7. The molecule has 1 atom stereocenters. The van der Waals surface area contributed by atoms with Crippen LogP contribution < -0.4 is 14.4 Å². The van der Waals surface area contributed by atoms with Gasteiger partial charge in [0.05, 0.1) is 17.8 Å². The Kier molecular flexibility index (Phi) is 7.78.